The van der Waals surface area contributed by atoms with Crippen molar-refractivity contribution < 1.29 is 14.3 Å². The molecule has 0 aliphatic carbocycles. The number of benzene rings is 2. The second kappa shape index (κ2) is 8.11. The van der Waals surface area contributed by atoms with Gasteiger partial charge in [0.05, 0.1) is 0 Å². The number of nitrogens with one attached hydrogen (secondary N) is 1. The zero-order valence-electron chi connectivity index (χ0n) is 13.9. The van der Waals surface area contributed by atoms with Gasteiger partial charge in [0.25, 0.3) is 0 Å². The zero-order valence-corrected chi connectivity index (χ0v) is 13.9. The fourth-order valence-corrected chi connectivity index (χ4v) is 2.07. The van der Waals surface area contributed by atoms with Crippen molar-refractivity contribution in [1.82, 2.24) is 0 Å². The van der Waals surface area contributed by atoms with Gasteiger partial charge in [0.2, 0.25) is 5.91 Å². The summed E-state index contributed by atoms with van der Waals surface area (Å²) in [5.74, 6) is 0.0133. The van der Waals surface area contributed by atoms with E-state index >= 15 is 0 Å². The number of hydrogen-bond donors (Lipinski definition) is 1. The van der Waals surface area contributed by atoms with E-state index in [4.69, 9.17) is 4.74 Å². The van der Waals surface area contributed by atoms with Gasteiger partial charge in [-0.15, -0.1) is 0 Å². The molecule has 1 unspecified atom stereocenters. The zero-order chi connectivity index (χ0) is 17.5. The molecule has 4 heteroatoms. The fourth-order valence-electron chi connectivity index (χ4n) is 2.07. The molecule has 1 atom stereocenters. The second-order valence-corrected chi connectivity index (χ2v) is 5.53. The van der Waals surface area contributed by atoms with Crippen molar-refractivity contribution in [2.24, 2.45) is 5.92 Å². The summed E-state index contributed by atoms with van der Waals surface area (Å²) in [4.78, 5) is 23.0. The van der Waals surface area contributed by atoms with Gasteiger partial charge in [-0.2, -0.15) is 0 Å². The minimum Gasteiger partial charge on any atom is -0.423 e. The van der Waals surface area contributed by atoms with Crippen molar-refractivity contribution in [3.05, 3.63) is 61.2 Å². The Kier molecular flexibility index (Phi) is 5.90. The van der Waals surface area contributed by atoms with Crippen molar-refractivity contribution >= 4 is 17.6 Å². The molecule has 0 aliphatic rings. The van der Waals surface area contributed by atoms with Crippen LogP contribution in [0.25, 0.3) is 11.1 Å². The average molecular weight is 323 g/mol. The molecule has 0 saturated carbocycles. The van der Waals surface area contributed by atoms with Gasteiger partial charge in [0.1, 0.15) is 5.75 Å². The number of amides is 1. The second-order valence-electron chi connectivity index (χ2n) is 5.53. The van der Waals surface area contributed by atoms with Gasteiger partial charge in [0.15, 0.2) is 0 Å². The molecular weight excluding hydrogens is 302 g/mol. The van der Waals surface area contributed by atoms with Crippen LogP contribution in [0, 0.1) is 5.92 Å². The van der Waals surface area contributed by atoms with Crippen LogP contribution in [0.2, 0.25) is 0 Å². The molecule has 0 fully saturated rings. The van der Waals surface area contributed by atoms with Gasteiger partial charge in [-0.1, -0.05) is 44.7 Å². The number of carbonyl (C=O) groups excluding carboxylic acids is 2. The van der Waals surface area contributed by atoms with Crippen LogP contribution >= 0.6 is 0 Å². The Morgan fingerprint density at radius 1 is 1.08 bits per heavy atom. The number of esters is 1. The van der Waals surface area contributed by atoms with Crippen molar-refractivity contribution in [3.8, 4) is 16.9 Å². The molecule has 2 rings (SSSR count). The summed E-state index contributed by atoms with van der Waals surface area (Å²) < 4.78 is 5.05. The minimum absolute atomic E-state index is 0.00417. The first-order valence-electron chi connectivity index (χ1n) is 7.89. The van der Waals surface area contributed by atoms with Crippen LogP contribution in [0.4, 0.5) is 5.69 Å². The third kappa shape index (κ3) is 4.56. The molecule has 0 saturated heterocycles. The summed E-state index contributed by atoms with van der Waals surface area (Å²) in [6.45, 7) is 7.26. The maximum Gasteiger partial charge on any atom is 0.335 e. The number of carbonyl (C=O) groups is 2. The first-order valence-corrected chi connectivity index (χ1v) is 7.89. The van der Waals surface area contributed by atoms with E-state index in [0.29, 0.717) is 5.75 Å². The number of rotatable bonds is 6. The lowest BCUT2D eigenvalue weighted by atomic mass is 10.0. The van der Waals surface area contributed by atoms with Gasteiger partial charge in [0, 0.05) is 17.7 Å². The quantitative estimate of drug-likeness (QED) is 0.486. The summed E-state index contributed by atoms with van der Waals surface area (Å²) in [6.07, 6.45) is 1.94. The third-order valence-corrected chi connectivity index (χ3v) is 3.79. The minimum atomic E-state index is -0.482. The Morgan fingerprint density at radius 2 is 1.62 bits per heavy atom. The van der Waals surface area contributed by atoms with E-state index < -0.39 is 5.97 Å². The van der Waals surface area contributed by atoms with Crippen molar-refractivity contribution in [2.75, 3.05) is 5.32 Å². The normalized spacial score (nSPS) is 11.4. The lowest BCUT2D eigenvalue weighted by Gasteiger charge is -2.10. The highest BCUT2D eigenvalue weighted by molar-refractivity contribution is 5.92. The maximum atomic E-state index is 11.9. The highest BCUT2D eigenvalue weighted by Crippen LogP contribution is 2.24. The van der Waals surface area contributed by atoms with E-state index in [2.05, 4.69) is 11.9 Å². The monoisotopic (exact) mass is 323 g/mol. The smallest absolute Gasteiger partial charge is 0.335 e. The Balaban J connectivity index is 2.06. The molecular formula is C20H21NO3. The van der Waals surface area contributed by atoms with Crippen molar-refractivity contribution in [2.45, 2.75) is 20.3 Å². The molecule has 124 valence electrons. The topological polar surface area (TPSA) is 55.4 Å². The highest BCUT2D eigenvalue weighted by atomic mass is 16.5. The van der Waals surface area contributed by atoms with E-state index in [1.165, 1.54) is 0 Å². The number of hydrogen-bond acceptors (Lipinski definition) is 3. The van der Waals surface area contributed by atoms with Gasteiger partial charge >= 0.3 is 5.97 Å². The SMILES string of the molecule is C=CC(=O)Oc1ccc(-c2ccc(NC(=O)C(C)CC)cc2)cc1. The summed E-state index contributed by atoms with van der Waals surface area (Å²) in [5, 5.41) is 2.90. The van der Waals surface area contributed by atoms with E-state index in [9.17, 15) is 9.59 Å². The maximum absolute atomic E-state index is 11.9. The van der Waals surface area contributed by atoms with Crippen LogP contribution < -0.4 is 10.1 Å². The lowest BCUT2D eigenvalue weighted by molar-refractivity contribution is -0.129. The van der Waals surface area contributed by atoms with Crippen LogP contribution in [0.1, 0.15) is 20.3 Å². The molecule has 0 aromatic heterocycles. The van der Waals surface area contributed by atoms with Crippen molar-refractivity contribution in [1.29, 1.82) is 0 Å². The van der Waals surface area contributed by atoms with Gasteiger partial charge in [-0.05, 0) is 41.8 Å². The Morgan fingerprint density at radius 3 is 2.12 bits per heavy atom. The molecule has 2 aromatic carbocycles. The molecule has 0 bridgehead atoms. The fraction of sp³-hybridized carbons (Fsp3) is 0.200. The largest absolute Gasteiger partial charge is 0.423 e. The molecule has 1 amide bonds. The average Bonchev–Trinajstić information content (AvgIpc) is 2.62. The van der Waals surface area contributed by atoms with Crippen LogP contribution in [0.5, 0.6) is 5.75 Å². The van der Waals surface area contributed by atoms with E-state index in [0.717, 1.165) is 29.3 Å². The first-order chi connectivity index (χ1) is 11.5. The lowest BCUT2D eigenvalue weighted by Crippen LogP contribution is -2.19. The molecule has 0 aliphatic heterocycles. The van der Waals surface area contributed by atoms with E-state index in [1.54, 1.807) is 12.1 Å². The van der Waals surface area contributed by atoms with Gasteiger partial charge in [-0.3, -0.25) is 4.79 Å². The number of anilines is 1. The molecule has 4 nitrogen and oxygen atoms in total. The summed E-state index contributed by atoms with van der Waals surface area (Å²) in [7, 11) is 0. The van der Waals surface area contributed by atoms with Crippen LogP contribution in [0.3, 0.4) is 0 Å². The third-order valence-electron chi connectivity index (χ3n) is 3.79. The molecule has 24 heavy (non-hydrogen) atoms. The van der Waals surface area contributed by atoms with E-state index in [-0.39, 0.29) is 11.8 Å². The molecule has 0 spiro atoms. The Hall–Kier alpha value is -2.88. The van der Waals surface area contributed by atoms with Crippen LogP contribution in [0.15, 0.2) is 61.2 Å². The predicted molar refractivity (Wildman–Crippen MR) is 95.8 cm³/mol. The van der Waals surface area contributed by atoms with Crippen LogP contribution in [-0.2, 0) is 9.59 Å². The van der Waals surface area contributed by atoms with Gasteiger partial charge < -0.3 is 10.1 Å². The standard InChI is InChI=1S/C20H21NO3/c1-4-14(3)20(23)21-17-10-6-15(7-11-17)16-8-12-18(13-9-16)24-19(22)5-2/h5-14H,2,4H2,1,3H3,(H,21,23). The summed E-state index contributed by atoms with van der Waals surface area (Å²) in [6, 6.07) is 14.8. The van der Waals surface area contributed by atoms with Crippen molar-refractivity contribution in [3.63, 3.8) is 0 Å². The number of ether oxygens (including phenoxy) is 1. The molecule has 2 aromatic rings. The highest BCUT2D eigenvalue weighted by Gasteiger charge is 2.10. The van der Waals surface area contributed by atoms with Gasteiger partial charge in [-0.25, -0.2) is 4.79 Å². The molecule has 0 radical (unpaired) electrons. The first kappa shape index (κ1) is 17.5. The molecule has 1 N–H and O–H groups in total. The van der Waals surface area contributed by atoms with E-state index in [1.807, 2.05) is 50.2 Å². The predicted octanol–water partition coefficient (Wildman–Crippen LogP) is 4.43. The van der Waals surface area contributed by atoms with Crippen LogP contribution in [-0.4, -0.2) is 11.9 Å². The summed E-state index contributed by atoms with van der Waals surface area (Å²) in [5.41, 5.74) is 2.78. The summed E-state index contributed by atoms with van der Waals surface area (Å²) >= 11 is 0. The Bertz CT molecular complexity index is 718. The molecule has 0 heterocycles. The Labute approximate surface area is 142 Å².